The van der Waals surface area contributed by atoms with Crippen molar-refractivity contribution in [1.82, 2.24) is 14.5 Å². The lowest BCUT2D eigenvalue weighted by atomic mass is 10.1. The number of sulfonamides is 1. The molecule has 3 unspecified atom stereocenters. The Balaban J connectivity index is 1.63. The first-order chi connectivity index (χ1) is 12.4. The molecule has 0 radical (unpaired) electrons. The molecule has 0 aliphatic carbocycles. The van der Waals surface area contributed by atoms with Gasteiger partial charge in [0.05, 0.1) is 30.5 Å². The minimum absolute atomic E-state index is 0.0685. The van der Waals surface area contributed by atoms with Crippen LogP contribution in [0.2, 0.25) is 0 Å². The smallest absolute Gasteiger partial charge is 0.239 e. The summed E-state index contributed by atoms with van der Waals surface area (Å²) in [5, 5.41) is 2.55. The largest absolute Gasteiger partial charge is 0.379 e. The number of carbonyl (C=O) groups excluding carboxylic acids is 1. The molecular weight excluding hydrogens is 354 g/mol. The van der Waals surface area contributed by atoms with Gasteiger partial charge in [-0.2, -0.15) is 4.31 Å². The van der Waals surface area contributed by atoms with Gasteiger partial charge >= 0.3 is 0 Å². The number of hydrogen-bond acceptors (Lipinski definition) is 5. The third-order valence-electron chi connectivity index (χ3n) is 5.35. The van der Waals surface area contributed by atoms with E-state index in [0.717, 1.165) is 5.56 Å². The molecule has 1 aromatic carbocycles. The Morgan fingerprint density at radius 2 is 1.92 bits per heavy atom. The molecule has 1 aromatic rings. The predicted octanol–water partition coefficient (Wildman–Crippen LogP) is 0.599. The molecule has 3 atom stereocenters. The molecule has 26 heavy (non-hydrogen) atoms. The molecule has 0 spiro atoms. The van der Waals surface area contributed by atoms with Gasteiger partial charge in [0.1, 0.15) is 0 Å². The van der Waals surface area contributed by atoms with E-state index >= 15 is 0 Å². The third-order valence-corrected chi connectivity index (χ3v) is 7.64. The number of nitrogens with one attached hydrogen (secondary N) is 1. The van der Waals surface area contributed by atoms with Gasteiger partial charge in [-0.15, -0.1) is 0 Å². The summed E-state index contributed by atoms with van der Waals surface area (Å²) in [5.41, 5.74) is 1.05. The van der Waals surface area contributed by atoms with Crippen molar-refractivity contribution in [2.45, 2.75) is 30.7 Å². The van der Waals surface area contributed by atoms with Crippen LogP contribution in [0.3, 0.4) is 0 Å². The van der Waals surface area contributed by atoms with Gasteiger partial charge in [-0.25, -0.2) is 8.42 Å². The van der Waals surface area contributed by atoms with E-state index in [9.17, 15) is 13.2 Å². The van der Waals surface area contributed by atoms with Crippen molar-refractivity contribution < 1.29 is 17.9 Å². The quantitative estimate of drug-likeness (QED) is 0.808. The van der Waals surface area contributed by atoms with E-state index in [-0.39, 0.29) is 11.9 Å². The van der Waals surface area contributed by atoms with Gasteiger partial charge in [0.2, 0.25) is 15.9 Å². The molecule has 1 N–H and O–H groups in total. The highest BCUT2D eigenvalue weighted by molar-refractivity contribution is 7.89. The molecule has 7 nitrogen and oxygen atoms in total. The van der Waals surface area contributed by atoms with Crippen molar-refractivity contribution >= 4 is 15.9 Å². The summed E-state index contributed by atoms with van der Waals surface area (Å²) in [6.45, 7) is 3.93. The number of hydrogen-bond donors (Lipinski definition) is 1. The maximum atomic E-state index is 12.8. The number of likely N-dealkylation sites (N-methyl/N-ethyl adjacent to an activating group) is 1. The van der Waals surface area contributed by atoms with Crippen molar-refractivity contribution in [1.29, 1.82) is 0 Å². The van der Waals surface area contributed by atoms with Crippen LogP contribution in [0, 0.1) is 0 Å². The van der Waals surface area contributed by atoms with E-state index in [1.807, 2.05) is 37.3 Å². The van der Waals surface area contributed by atoms with E-state index in [0.29, 0.717) is 39.3 Å². The predicted molar refractivity (Wildman–Crippen MR) is 99.1 cm³/mol. The lowest BCUT2D eigenvalue weighted by Gasteiger charge is -2.29. The molecule has 0 bridgehead atoms. The Hall–Kier alpha value is -1.48. The molecule has 2 aliphatic heterocycles. The second kappa shape index (κ2) is 8.04. The summed E-state index contributed by atoms with van der Waals surface area (Å²) in [6.07, 6.45) is 0.310. The highest BCUT2D eigenvalue weighted by Crippen LogP contribution is 2.24. The topological polar surface area (TPSA) is 79.0 Å². The van der Waals surface area contributed by atoms with Gasteiger partial charge in [0, 0.05) is 26.7 Å². The van der Waals surface area contributed by atoms with Crippen LogP contribution in [-0.4, -0.2) is 74.7 Å². The van der Waals surface area contributed by atoms with Crippen LogP contribution in [0.15, 0.2) is 30.3 Å². The zero-order valence-corrected chi connectivity index (χ0v) is 16.1. The monoisotopic (exact) mass is 381 g/mol. The highest BCUT2D eigenvalue weighted by atomic mass is 32.2. The van der Waals surface area contributed by atoms with Gasteiger partial charge in [-0.1, -0.05) is 30.3 Å². The molecule has 3 rings (SSSR count). The van der Waals surface area contributed by atoms with Crippen molar-refractivity contribution in [3.05, 3.63) is 35.9 Å². The van der Waals surface area contributed by atoms with Crippen LogP contribution < -0.4 is 5.32 Å². The van der Waals surface area contributed by atoms with Crippen molar-refractivity contribution in [3.8, 4) is 0 Å². The summed E-state index contributed by atoms with van der Waals surface area (Å²) in [6, 6.07) is 9.28. The molecule has 144 valence electrons. The number of carbonyl (C=O) groups is 1. The van der Waals surface area contributed by atoms with Crippen molar-refractivity contribution in [2.24, 2.45) is 0 Å². The molecule has 1 amide bonds. The van der Waals surface area contributed by atoms with Crippen molar-refractivity contribution in [2.75, 3.05) is 39.9 Å². The minimum atomic E-state index is -3.41. The summed E-state index contributed by atoms with van der Waals surface area (Å²) in [7, 11) is -1.64. The fraction of sp³-hybridized carbons (Fsp3) is 0.611. The van der Waals surface area contributed by atoms with E-state index in [4.69, 9.17) is 4.74 Å². The average molecular weight is 381 g/mol. The Bertz CT molecular complexity index is 719. The second-order valence-electron chi connectivity index (χ2n) is 6.91. The number of morpholine rings is 1. The molecule has 2 fully saturated rings. The second-order valence-corrected chi connectivity index (χ2v) is 9.12. The van der Waals surface area contributed by atoms with Gasteiger partial charge in [0.15, 0.2) is 0 Å². The van der Waals surface area contributed by atoms with Crippen LogP contribution in [-0.2, 0) is 19.6 Å². The Labute approximate surface area is 155 Å². The first kappa shape index (κ1) is 19.3. The molecule has 0 aromatic heterocycles. The first-order valence-corrected chi connectivity index (χ1v) is 10.5. The average Bonchev–Trinajstić information content (AvgIpc) is 3.18. The van der Waals surface area contributed by atoms with Crippen molar-refractivity contribution in [3.63, 3.8) is 0 Å². The zero-order chi connectivity index (χ0) is 18.7. The van der Waals surface area contributed by atoms with Crippen LogP contribution in [0.4, 0.5) is 0 Å². The molecule has 2 aliphatic rings. The minimum Gasteiger partial charge on any atom is -0.379 e. The molecule has 2 heterocycles. The van der Waals surface area contributed by atoms with Crippen LogP contribution in [0.5, 0.6) is 0 Å². The van der Waals surface area contributed by atoms with E-state index < -0.39 is 21.3 Å². The fourth-order valence-electron chi connectivity index (χ4n) is 3.52. The van der Waals surface area contributed by atoms with Crippen LogP contribution in [0.25, 0.3) is 0 Å². The highest BCUT2D eigenvalue weighted by Gasteiger charge is 2.41. The van der Waals surface area contributed by atoms with Gasteiger partial charge in [0.25, 0.3) is 0 Å². The first-order valence-electron chi connectivity index (χ1n) is 9.03. The Morgan fingerprint density at radius 3 is 2.58 bits per heavy atom. The normalized spacial score (nSPS) is 25.8. The number of rotatable bonds is 5. The molecular formula is C18H27N3O4S. The standard InChI is InChI=1S/C18H27N3O4S/c1-14(15-6-4-3-5-7-15)20(2)18(22)17-12-16(13-19-17)26(23,24)21-8-10-25-11-9-21/h3-7,14,16-17,19H,8-13H2,1-2H3. The van der Waals surface area contributed by atoms with E-state index in [1.165, 1.54) is 4.31 Å². The van der Waals surface area contributed by atoms with Crippen LogP contribution >= 0.6 is 0 Å². The summed E-state index contributed by atoms with van der Waals surface area (Å²) < 4.78 is 32.3. The SMILES string of the molecule is CC(c1ccccc1)N(C)C(=O)C1CC(S(=O)(=O)N2CCOCC2)CN1. The number of amides is 1. The number of nitrogens with zero attached hydrogens (tertiary/aromatic N) is 2. The molecule has 0 saturated carbocycles. The maximum Gasteiger partial charge on any atom is 0.239 e. The van der Waals surface area contributed by atoms with Crippen LogP contribution in [0.1, 0.15) is 24.9 Å². The summed E-state index contributed by atoms with van der Waals surface area (Å²) in [5.74, 6) is -0.0685. The van der Waals surface area contributed by atoms with Gasteiger partial charge in [-0.3, -0.25) is 4.79 Å². The number of ether oxygens (including phenoxy) is 1. The Kier molecular flexibility index (Phi) is 5.96. The molecule has 8 heteroatoms. The summed E-state index contributed by atoms with van der Waals surface area (Å²) in [4.78, 5) is 14.5. The lowest BCUT2D eigenvalue weighted by molar-refractivity contribution is -0.133. The molecule has 2 saturated heterocycles. The lowest BCUT2D eigenvalue weighted by Crippen LogP contribution is -2.45. The Morgan fingerprint density at radius 1 is 1.27 bits per heavy atom. The zero-order valence-electron chi connectivity index (χ0n) is 15.3. The van der Waals surface area contributed by atoms with Gasteiger partial charge in [-0.05, 0) is 18.9 Å². The third kappa shape index (κ3) is 3.93. The van der Waals surface area contributed by atoms with E-state index in [2.05, 4.69) is 5.32 Å². The summed E-state index contributed by atoms with van der Waals surface area (Å²) >= 11 is 0. The van der Waals surface area contributed by atoms with Gasteiger partial charge < -0.3 is 15.0 Å². The van der Waals surface area contributed by atoms with E-state index in [1.54, 1.807) is 11.9 Å². The maximum absolute atomic E-state index is 12.8. The number of benzene rings is 1. The fourth-order valence-corrected chi connectivity index (χ4v) is 5.34.